The van der Waals surface area contributed by atoms with Crippen LogP contribution in [-0.4, -0.2) is 59.1 Å². The third-order valence-electron chi connectivity index (χ3n) is 7.14. The highest BCUT2D eigenvalue weighted by Crippen LogP contribution is 2.41. The van der Waals surface area contributed by atoms with Gasteiger partial charge in [0.1, 0.15) is 11.6 Å². The summed E-state index contributed by atoms with van der Waals surface area (Å²) in [4.78, 5) is 19.7. The van der Waals surface area contributed by atoms with Gasteiger partial charge in [0.05, 0.1) is 11.2 Å². The Labute approximate surface area is 203 Å². The summed E-state index contributed by atoms with van der Waals surface area (Å²) in [6, 6.07) is 11.2. The number of benzene rings is 2. The number of nitrogens with zero attached hydrogens (tertiary/aromatic N) is 4. The number of likely N-dealkylation sites (N-methyl/N-ethyl adjacent to an activating group) is 1. The number of carbonyl (C=O) groups is 1. The monoisotopic (exact) mass is 480 g/mol. The summed E-state index contributed by atoms with van der Waals surface area (Å²) in [5, 5.41) is 10.3. The van der Waals surface area contributed by atoms with Gasteiger partial charge in [0, 0.05) is 62.1 Å². The van der Waals surface area contributed by atoms with Crippen LogP contribution < -0.4 is 10.2 Å². The number of fused-ring (bicyclic) bond motifs is 1. The molecule has 2 N–H and O–H groups in total. The number of aromatic amines is 1. The van der Waals surface area contributed by atoms with Crippen molar-refractivity contribution >= 4 is 17.4 Å². The minimum Gasteiger partial charge on any atom is -0.369 e. The summed E-state index contributed by atoms with van der Waals surface area (Å²) in [5.41, 5.74) is 3.55. The van der Waals surface area contributed by atoms with Gasteiger partial charge in [-0.25, -0.2) is 8.78 Å². The number of hydrogen-bond acceptors (Lipinski definition) is 5. The molecule has 0 aliphatic carbocycles. The number of aromatic nitrogens is 2. The lowest BCUT2D eigenvalue weighted by molar-refractivity contribution is 0.102. The van der Waals surface area contributed by atoms with Gasteiger partial charge in [-0.2, -0.15) is 5.10 Å². The van der Waals surface area contributed by atoms with E-state index in [-0.39, 0.29) is 5.91 Å². The highest BCUT2D eigenvalue weighted by molar-refractivity contribution is 6.04. The fourth-order valence-corrected chi connectivity index (χ4v) is 4.92. The largest absolute Gasteiger partial charge is 0.369 e. The van der Waals surface area contributed by atoms with E-state index < -0.39 is 17.2 Å². The highest BCUT2D eigenvalue weighted by Gasteiger charge is 2.41. The molecule has 2 aliphatic rings. The second-order valence-electron chi connectivity index (χ2n) is 9.91. The molecule has 0 radical (unpaired) electrons. The first-order valence-electron chi connectivity index (χ1n) is 11.8. The molecule has 0 atom stereocenters. The van der Waals surface area contributed by atoms with Crippen molar-refractivity contribution < 1.29 is 13.6 Å². The highest BCUT2D eigenvalue weighted by atomic mass is 19.1. The van der Waals surface area contributed by atoms with Crippen molar-refractivity contribution in [1.29, 1.82) is 0 Å². The molecule has 1 fully saturated rings. The number of anilines is 2. The SMILES string of the molecule is CN1CCN(c2ccc(C(=O)Nc3n[nH]c4c3CN(Cc3cc(F)cc(F)c3)C4(C)C)cc2)CC1. The maximum absolute atomic E-state index is 13.7. The summed E-state index contributed by atoms with van der Waals surface area (Å²) >= 11 is 0. The molecule has 3 heterocycles. The molecule has 1 saturated heterocycles. The Morgan fingerprint density at radius 1 is 1.06 bits per heavy atom. The van der Waals surface area contributed by atoms with Crippen LogP contribution in [0.15, 0.2) is 42.5 Å². The quantitative estimate of drug-likeness (QED) is 0.579. The van der Waals surface area contributed by atoms with E-state index in [0.717, 1.165) is 49.2 Å². The Morgan fingerprint density at radius 2 is 1.71 bits per heavy atom. The van der Waals surface area contributed by atoms with E-state index in [4.69, 9.17) is 0 Å². The summed E-state index contributed by atoms with van der Waals surface area (Å²) in [6.45, 7) is 8.89. The van der Waals surface area contributed by atoms with Crippen LogP contribution in [0, 0.1) is 11.6 Å². The average molecular weight is 481 g/mol. The molecule has 0 unspecified atom stereocenters. The molecule has 1 amide bonds. The van der Waals surface area contributed by atoms with Gasteiger partial charge in [-0.3, -0.25) is 14.8 Å². The molecular weight excluding hydrogens is 450 g/mol. The number of carbonyl (C=O) groups excluding carboxylic acids is 1. The Kier molecular flexibility index (Phi) is 6.06. The maximum Gasteiger partial charge on any atom is 0.256 e. The Hall–Kier alpha value is -3.30. The van der Waals surface area contributed by atoms with Crippen LogP contribution in [0.4, 0.5) is 20.3 Å². The van der Waals surface area contributed by atoms with Gasteiger partial charge in [0.15, 0.2) is 5.82 Å². The first-order valence-corrected chi connectivity index (χ1v) is 11.8. The molecule has 5 rings (SSSR count). The lowest BCUT2D eigenvalue weighted by Gasteiger charge is -2.34. The van der Waals surface area contributed by atoms with Crippen LogP contribution in [0.1, 0.15) is 41.0 Å². The maximum atomic E-state index is 13.7. The van der Waals surface area contributed by atoms with Crippen LogP contribution in [0.2, 0.25) is 0 Å². The second kappa shape index (κ2) is 9.05. The van der Waals surface area contributed by atoms with Gasteiger partial charge in [-0.15, -0.1) is 0 Å². The van der Waals surface area contributed by atoms with Gasteiger partial charge in [0.2, 0.25) is 0 Å². The third-order valence-corrected chi connectivity index (χ3v) is 7.14. The molecule has 7 nitrogen and oxygen atoms in total. The fraction of sp³-hybridized carbons (Fsp3) is 0.385. The zero-order valence-electron chi connectivity index (χ0n) is 20.2. The van der Waals surface area contributed by atoms with Gasteiger partial charge in [-0.05, 0) is 62.9 Å². The smallest absolute Gasteiger partial charge is 0.256 e. The molecule has 35 heavy (non-hydrogen) atoms. The fourth-order valence-electron chi connectivity index (χ4n) is 4.92. The van der Waals surface area contributed by atoms with E-state index in [1.165, 1.54) is 12.1 Å². The minimum absolute atomic E-state index is 0.229. The molecule has 184 valence electrons. The van der Waals surface area contributed by atoms with E-state index in [9.17, 15) is 13.6 Å². The molecule has 2 aromatic carbocycles. The molecule has 1 aromatic heterocycles. The van der Waals surface area contributed by atoms with Crippen LogP contribution in [0.5, 0.6) is 0 Å². The number of amides is 1. The first kappa shape index (κ1) is 23.4. The van der Waals surface area contributed by atoms with E-state index >= 15 is 0 Å². The Morgan fingerprint density at radius 3 is 2.37 bits per heavy atom. The molecule has 2 aliphatic heterocycles. The Bertz CT molecular complexity index is 1210. The van der Waals surface area contributed by atoms with E-state index in [0.29, 0.717) is 30.0 Å². The van der Waals surface area contributed by atoms with Crippen LogP contribution in [0.25, 0.3) is 0 Å². The van der Waals surface area contributed by atoms with Crippen molar-refractivity contribution in [3.63, 3.8) is 0 Å². The number of rotatable bonds is 5. The number of nitrogens with one attached hydrogen (secondary N) is 2. The second-order valence-corrected chi connectivity index (χ2v) is 9.91. The lowest BCUT2D eigenvalue weighted by atomic mass is 10.00. The third kappa shape index (κ3) is 4.66. The molecule has 9 heteroatoms. The van der Waals surface area contributed by atoms with Crippen LogP contribution >= 0.6 is 0 Å². The molecule has 0 bridgehead atoms. The van der Waals surface area contributed by atoms with Crippen molar-refractivity contribution in [2.24, 2.45) is 0 Å². The normalized spacial score (nSPS) is 18.0. The number of H-pyrrole nitrogens is 1. The van der Waals surface area contributed by atoms with Gasteiger partial charge < -0.3 is 15.1 Å². The average Bonchev–Trinajstić information content (AvgIpc) is 3.32. The first-order chi connectivity index (χ1) is 16.7. The zero-order chi connectivity index (χ0) is 24.7. The predicted octanol–water partition coefficient (Wildman–Crippen LogP) is 3.94. The standard InChI is InChI=1S/C26H30F2N6O/c1-26(2)23-22(16-34(26)15-17-12-19(27)14-20(28)13-17)24(31-30-23)29-25(35)18-4-6-21(7-5-18)33-10-8-32(3)9-11-33/h4-7,12-14H,8-11,15-16H2,1-3H3,(H2,29,30,31,35). The minimum atomic E-state index is -0.594. The number of halogens is 2. The van der Waals surface area contributed by atoms with Crippen LogP contribution in [0.3, 0.4) is 0 Å². The number of hydrogen-bond donors (Lipinski definition) is 2. The van der Waals surface area contributed by atoms with E-state index in [1.54, 1.807) is 0 Å². The van der Waals surface area contributed by atoms with E-state index in [1.807, 2.05) is 38.1 Å². The molecular formula is C26H30F2N6O. The molecule has 0 saturated carbocycles. The van der Waals surface area contributed by atoms with Crippen LogP contribution in [-0.2, 0) is 18.6 Å². The van der Waals surface area contributed by atoms with Crippen molar-refractivity contribution in [2.45, 2.75) is 32.5 Å². The van der Waals surface area contributed by atoms with Crippen molar-refractivity contribution in [2.75, 3.05) is 43.4 Å². The van der Waals surface area contributed by atoms with Gasteiger partial charge in [-0.1, -0.05) is 0 Å². The van der Waals surface area contributed by atoms with Gasteiger partial charge >= 0.3 is 0 Å². The summed E-state index contributed by atoms with van der Waals surface area (Å²) in [6.07, 6.45) is 0. The number of piperazine rings is 1. The van der Waals surface area contributed by atoms with E-state index in [2.05, 4.69) is 37.3 Å². The van der Waals surface area contributed by atoms with Crippen molar-refractivity contribution in [3.8, 4) is 0 Å². The zero-order valence-corrected chi connectivity index (χ0v) is 20.2. The Balaban J connectivity index is 1.28. The van der Waals surface area contributed by atoms with Crippen molar-refractivity contribution in [1.82, 2.24) is 20.0 Å². The topological polar surface area (TPSA) is 67.5 Å². The molecule has 0 spiro atoms. The van der Waals surface area contributed by atoms with Gasteiger partial charge in [0.25, 0.3) is 5.91 Å². The predicted molar refractivity (Wildman–Crippen MR) is 131 cm³/mol. The summed E-state index contributed by atoms with van der Waals surface area (Å²) in [7, 11) is 2.12. The lowest BCUT2D eigenvalue weighted by Crippen LogP contribution is -2.44. The summed E-state index contributed by atoms with van der Waals surface area (Å²) < 4.78 is 27.4. The summed E-state index contributed by atoms with van der Waals surface area (Å²) in [5.74, 6) is -0.936. The van der Waals surface area contributed by atoms with Crippen molar-refractivity contribution in [3.05, 3.63) is 76.5 Å². The molecule has 3 aromatic rings.